The molecule has 1 heterocycles. The average molecular weight is 317 g/mol. The molecule has 1 unspecified atom stereocenters. The molecule has 0 aliphatic carbocycles. The molecule has 0 saturated carbocycles. The van der Waals surface area contributed by atoms with Gasteiger partial charge in [-0.2, -0.15) is 0 Å². The van der Waals surface area contributed by atoms with Crippen LogP contribution in [0.5, 0.6) is 0 Å². The van der Waals surface area contributed by atoms with Crippen LogP contribution < -0.4 is 4.72 Å². The van der Waals surface area contributed by atoms with Gasteiger partial charge in [0.15, 0.2) is 5.03 Å². The minimum Gasteiger partial charge on any atom is -0.396 e. The van der Waals surface area contributed by atoms with Gasteiger partial charge in [-0.05, 0) is 25.2 Å². The average Bonchev–Trinajstić information content (AvgIpc) is 2.70. The van der Waals surface area contributed by atoms with E-state index in [0.29, 0.717) is 12.2 Å². The summed E-state index contributed by atoms with van der Waals surface area (Å²) in [5.74, 6) is 0.687. The van der Waals surface area contributed by atoms with E-state index in [2.05, 4.69) is 9.71 Å². The normalized spacial score (nSPS) is 14.4. The van der Waals surface area contributed by atoms with Crippen LogP contribution in [0.4, 0.5) is 0 Å². The van der Waals surface area contributed by atoms with E-state index < -0.39 is 10.0 Å². The van der Waals surface area contributed by atoms with Gasteiger partial charge in [0.1, 0.15) is 5.82 Å². The molecule has 0 bridgehead atoms. The molecule has 0 fully saturated rings. The number of aliphatic hydroxyl groups excluding tert-OH is 1. The van der Waals surface area contributed by atoms with Gasteiger partial charge in [0.25, 0.3) is 10.0 Å². The Morgan fingerprint density at radius 1 is 1.43 bits per heavy atom. The number of aromatic nitrogens is 2. The molecule has 2 N–H and O–H groups in total. The molecule has 21 heavy (non-hydrogen) atoms. The molecule has 1 aromatic heterocycles. The number of hydrogen-bond acceptors (Lipinski definition) is 4. The van der Waals surface area contributed by atoms with Gasteiger partial charge in [-0.15, -0.1) is 0 Å². The Morgan fingerprint density at radius 2 is 2.05 bits per heavy atom. The quantitative estimate of drug-likeness (QED) is 0.801. The summed E-state index contributed by atoms with van der Waals surface area (Å²) >= 11 is 0. The highest BCUT2D eigenvalue weighted by atomic mass is 32.2. The molecule has 122 valence electrons. The van der Waals surface area contributed by atoms with Crippen LogP contribution in [-0.2, 0) is 16.6 Å². The maximum absolute atomic E-state index is 12.5. The fraction of sp³-hybridized carbons (Fsp3) is 0.786. The molecule has 1 aromatic rings. The molecule has 0 spiro atoms. The molecule has 0 aromatic carbocycles. The lowest BCUT2D eigenvalue weighted by Crippen LogP contribution is -2.44. The number of nitrogens with zero attached hydrogens (tertiary/aromatic N) is 2. The lowest BCUT2D eigenvalue weighted by atomic mass is 9.86. The summed E-state index contributed by atoms with van der Waals surface area (Å²) in [6, 6.07) is -0.343. The predicted octanol–water partition coefficient (Wildman–Crippen LogP) is 1.68. The molecule has 0 radical (unpaired) electrons. The second-order valence-corrected chi connectivity index (χ2v) is 8.03. The second kappa shape index (κ2) is 6.89. The third kappa shape index (κ3) is 4.79. The van der Waals surface area contributed by atoms with E-state index in [-0.39, 0.29) is 23.1 Å². The fourth-order valence-corrected chi connectivity index (χ4v) is 3.61. The second-order valence-electron chi connectivity index (χ2n) is 6.37. The van der Waals surface area contributed by atoms with E-state index in [4.69, 9.17) is 5.11 Å². The molecular formula is C14H27N3O3S. The van der Waals surface area contributed by atoms with Gasteiger partial charge in [0.05, 0.1) is 0 Å². The molecular weight excluding hydrogens is 290 g/mol. The van der Waals surface area contributed by atoms with Crippen LogP contribution in [0.25, 0.3) is 0 Å². The van der Waals surface area contributed by atoms with Crippen LogP contribution >= 0.6 is 0 Å². The molecule has 1 atom stereocenters. The highest BCUT2D eigenvalue weighted by Gasteiger charge is 2.30. The van der Waals surface area contributed by atoms with Crippen molar-refractivity contribution in [2.24, 2.45) is 5.41 Å². The van der Waals surface area contributed by atoms with Gasteiger partial charge in [-0.1, -0.05) is 27.7 Å². The minimum absolute atomic E-state index is 0.0423. The summed E-state index contributed by atoms with van der Waals surface area (Å²) in [6.45, 7) is 10.3. The Labute approximate surface area is 127 Å². The number of nitrogens with one attached hydrogen (secondary N) is 1. The summed E-state index contributed by atoms with van der Waals surface area (Å²) in [7, 11) is -3.68. The van der Waals surface area contributed by atoms with Crippen molar-refractivity contribution >= 4 is 10.0 Å². The molecule has 0 amide bonds. The Morgan fingerprint density at radius 3 is 2.52 bits per heavy atom. The third-order valence-corrected chi connectivity index (χ3v) is 4.80. The zero-order chi connectivity index (χ0) is 16.3. The van der Waals surface area contributed by atoms with E-state index in [9.17, 15) is 8.42 Å². The van der Waals surface area contributed by atoms with Gasteiger partial charge in [0, 0.05) is 25.4 Å². The van der Waals surface area contributed by atoms with Crippen LogP contribution in [0.15, 0.2) is 11.2 Å². The summed E-state index contributed by atoms with van der Waals surface area (Å²) in [4.78, 5) is 4.15. The number of aliphatic hydroxyl groups is 1. The molecule has 7 heteroatoms. The Bertz CT molecular complexity index is 559. The number of imidazole rings is 1. The zero-order valence-electron chi connectivity index (χ0n) is 13.5. The lowest BCUT2D eigenvalue weighted by Gasteiger charge is -2.30. The first-order valence-electron chi connectivity index (χ1n) is 7.28. The van der Waals surface area contributed by atoms with Crippen molar-refractivity contribution in [3.05, 3.63) is 12.0 Å². The van der Waals surface area contributed by atoms with Crippen molar-refractivity contribution < 1.29 is 13.5 Å². The smallest absolute Gasteiger partial charge is 0.259 e. The van der Waals surface area contributed by atoms with E-state index in [1.165, 1.54) is 0 Å². The van der Waals surface area contributed by atoms with Crippen LogP contribution in [0.3, 0.4) is 0 Å². The van der Waals surface area contributed by atoms with Gasteiger partial charge in [0.2, 0.25) is 0 Å². The van der Waals surface area contributed by atoms with Crippen LogP contribution in [-0.4, -0.2) is 35.7 Å². The first kappa shape index (κ1) is 18.1. The Hall–Kier alpha value is -0.920. The Kier molecular flexibility index (Phi) is 5.95. The summed E-state index contributed by atoms with van der Waals surface area (Å²) < 4.78 is 29.4. The zero-order valence-corrected chi connectivity index (χ0v) is 14.4. The van der Waals surface area contributed by atoms with Gasteiger partial charge in [-0.25, -0.2) is 18.1 Å². The molecule has 6 nitrogen and oxygen atoms in total. The van der Waals surface area contributed by atoms with E-state index >= 15 is 0 Å². The highest BCUT2D eigenvalue weighted by Crippen LogP contribution is 2.23. The maximum Gasteiger partial charge on any atom is 0.259 e. The molecule has 0 saturated heterocycles. The van der Waals surface area contributed by atoms with Gasteiger partial charge in [-0.3, -0.25) is 0 Å². The van der Waals surface area contributed by atoms with Gasteiger partial charge >= 0.3 is 0 Å². The minimum atomic E-state index is -3.68. The van der Waals surface area contributed by atoms with Crippen molar-refractivity contribution in [1.82, 2.24) is 14.3 Å². The highest BCUT2D eigenvalue weighted by molar-refractivity contribution is 7.89. The van der Waals surface area contributed by atoms with Crippen LogP contribution in [0, 0.1) is 12.3 Å². The van der Waals surface area contributed by atoms with Crippen LogP contribution in [0.2, 0.25) is 0 Å². The lowest BCUT2D eigenvalue weighted by molar-refractivity contribution is 0.214. The topological polar surface area (TPSA) is 84.2 Å². The van der Waals surface area contributed by atoms with E-state index in [1.807, 2.05) is 32.3 Å². The summed E-state index contributed by atoms with van der Waals surface area (Å²) in [6.07, 6.45) is 2.86. The number of sulfonamides is 1. The third-order valence-electron chi connectivity index (χ3n) is 3.45. The summed E-state index contributed by atoms with van der Waals surface area (Å²) in [5.41, 5.74) is -0.281. The van der Waals surface area contributed by atoms with Crippen molar-refractivity contribution in [3.8, 4) is 0 Å². The largest absolute Gasteiger partial charge is 0.396 e. The van der Waals surface area contributed by atoms with E-state index in [0.717, 1.165) is 13.0 Å². The first-order valence-corrected chi connectivity index (χ1v) is 8.77. The number of hydrogen-bond donors (Lipinski definition) is 2. The predicted molar refractivity (Wildman–Crippen MR) is 82.5 cm³/mol. The van der Waals surface area contributed by atoms with Crippen LogP contribution in [0.1, 0.15) is 46.4 Å². The van der Waals surface area contributed by atoms with Gasteiger partial charge < -0.3 is 9.67 Å². The standard InChI is InChI=1S/C14H27N3O3S/c1-6-8-17-10-13(15-11(17)2)21(19,20)16-12(7-9-18)14(3,4)5/h10,12,16,18H,6-9H2,1-5H3. The van der Waals surface area contributed by atoms with E-state index in [1.54, 1.807) is 13.1 Å². The molecule has 0 aliphatic heterocycles. The molecule has 0 aliphatic rings. The van der Waals surface area contributed by atoms with Crippen molar-refractivity contribution in [2.45, 2.75) is 65.1 Å². The van der Waals surface area contributed by atoms with Crippen molar-refractivity contribution in [2.75, 3.05) is 6.61 Å². The number of rotatable bonds is 7. The maximum atomic E-state index is 12.5. The fourth-order valence-electron chi connectivity index (χ4n) is 2.12. The SMILES string of the molecule is CCCn1cc(S(=O)(=O)NC(CCO)C(C)(C)C)nc1C. The monoisotopic (exact) mass is 317 g/mol. The van der Waals surface area contributed by atoms with Crippen molar-refractivity contribution in [3.63, 3.8) is 0 Å². The van der Waals surface area contributed by atoms with Crippen molar-refractivity contribution in [1.29, 1.82) is 0 Å². The number of aryl methyl sites for hydroxylation is 2. The molecule has 1 rings (SSSR count). The summed E-state index contributed by atoms with van der Waals surface area (Å²) in [5, 5.41) is 9.17. The first-order chi connectivity index (χ1) is 9.61. The Balaban J connectivity index is 3.02.